The molecule has 1 N–H and O–H groups in total. The second-order valence-corrected chi connectivity index (χ2v) is 9.13. The minimum atomic E-state index is -3.82. The van der Waals surface area contributed by atoms with Gasteiger partial charge in [0, 0.05) is 38.1 Å². The van der Waals surface area contributed by atoms with Gasteiger partial charge in [-0.1, -0.05) is 24.3 Å². The number of amides is 1. The van der Waals surface area contributed by atoms with Crippen LogP contribution in [0.4, 0.5) is 4.39 Å². The van der Waals surface area contributed by atoms with Gasteiger partial charge in [0.25, 0.3) is 5.91 Å². The second-order valence-electron chi connectivity index (χ2n) is 6.80. The Balaban J connectivity index is 1.52. The SMILES string of the molecule is O=C(c1c[nH]c(=S)n1-c1ccccc1)N1CCN(S(=O)(=O)c2cccc(F)c2)CC1. The molecule has 0 saturated carbocycles. The van der Waals surface area contributed by atoms with Crippen molar-refractivity contribution in [3.8, 4) is 5.69 Å². The number of para-hydroxylation sites is 1. The molecule has 1 amide bonds. The Labute approximate surface area is 178 Å². The molecule has 156 valence electrons. The molecule has 1 aromatic heterocycles. The van der Waals surface area contributed by atoms with Crippen molar-refractivity contribution in [1.82, 2.24) is 18.8 Å². The number of nitrogens with zero attached hydrogens (tertiary/aromatic N) is 3. The van der Waals surface area contributed by atoms with Crippen LogP contribution in [-0.2, 0) is 10.0 Å². The number of nitrogens with one attached hydrogen (secondary N) is 1. The fourth-order valence-corrected chi connectivity index (χ4v) is 5.15. The largest absolute Gasteiger partial charge is 0.336 e. The maximum atomic E-state index is 13.5. The summed E-state index contributed by atoms with van der Waals surface area (Å²) in [6.45, 7) is 0.697. The lowest BCUT2D eigenvalue weighted by Gasteiger charge is -2.34. The third-order valence-electron chi connectivity index (χ3n) is 4.97. The van der Waals surface area contributed by atoms with E-state index in [1.54, 1.807) is 15.7 Å². The number of hydrogen-bond acceptors (Lipinski definition) is 4. The predicted molar refractivity (Wildman–Crippen MR) is 112 cm³/mol. The quantitative estimate of drug-likeness (QED) is 0.625. The van der Waals surface area contributed by atoms with Crippen molar-refractivity contribution >= 4 is 28.1 Å². The van der Waals surface area contributed by atoms with E-state index in [9.17, 15) is 17.6 Å². The van der Waals surface area contributed by atoms with Crippen molar-refractivity contribution < 1.29 is 17.6 Å². The average molecular weight is 447 g/mol. The molecule has 0 bridgehead atoms. The van der Waals surface area contributed by atoms with Crippen LogP contribution in [0.5, 0.6) is 0 Å². The van der Waals surface area contributed by atoms with Crippen molar-refractivity contribution in [3.63, 3.8) is 0 Å². The van der Waals surface area contributed by atoms with Gasteiger partial charge in [-0.25, -0.2) is 12.8 Å². The number of halogens is 1. The lowest BCUT2D eigenvalue weighted by atomic mass is 10.3. The molecule has 0 atom stereocenters. The van der Waals surface area contributed by atoms with E-state index in [1.165, 1.54) is 22.5 Å². The molecule has 2 aromatic carbocycles. The van der Waals surface area contributed by atoms with Crippen molar-refractivity contribution in [2.45, 2.75) is 4.90 Å². The number of aromatic amines is 1. The predicted octanol–water partition coefficient (Wildman–Crippen LogP) is 2.82. The minimum absolute atomic E-state index is 0.0921. The zero-order valence-electron chi connectivity index (χ0n) is 15.9. The van der Waals surface area contributed by atoms with Gasteiger partial charge in [-0.15, -0.1) is 0 Å². The van der Waals surface area contributed by atoms with E-state index in [1.807, 2.05) is 30.3 Å². The molecule has 2 heterocycles. The van der Waals surface area contributed by atoms with Crippen molar-refractivity contribution in [3.05, 3.63) is 77.1 Å². The van der Waals surface area contributed by atoms with E-state index >= 15 is 0 Å². The fourth-order valence-electron chi connectivity index (χ4n) is 3.43. The van der Waals surface area contributed by atoms with Gasteiger partial charge in [0.1, 0.15) is 11.5 Å². The van der Waals surface area contributed by atoms with Crippen LogP contribution >= 0.6 is 12.2 Å². The smallest absolute Gasteiger partial charge is 0.272 e. The highest BCUT2D eigenvalue weighted by atomic mass is 32.2. The molecule has 7 nitrogen and oxygen atoms in total. The summed E-state index contributed by atoms with van der Waals surface area (Å²) in [6.07, 6.45) is 1.56. The van der Waals surface area contributed by atoms with Gasteiger partial charge in [0.2, 0.25) is 10.0 Å². The Bertz CT molecular complexity index is 1230. The molecule has 1 saturated heterocycles. The van der Waals surface area contributed by atoms with Gasteiger partial charge >= 0.3 is 0 Å². The van der Waals surface area contributed by atoms with Gasteiger partial charge in [0.05, 0.1) is 4.90 Å². The third-order valence-corrected chi connectivity index (χ3v) is 7.16. The topological polar surface area (TPSA) is 78.4 Å². The first-order chi connectivity index (χ1) is 14.4. The van der Waals surface area contributed by atoms with Crippen LogP contribution in [0.25, 0.3) is 5.69 Å². The normalized spacial score (nSPS) is 15.3. The molecule has 4 rings (SSSR count). The van der Waals surface area contributed by atoms with Crippen LogP contribution in [0.15, 0.2) is 65.7 Å². The number of carbonyl (C=O) groups excluding carboxylic acids is 1. The Kier molecular flexibility index (Phi) is 5.54. The number of sulfonamides is 1. The Morgan fingerprint density at radius 2 is 1.70 bits per heavy atom. The number of piperazine rings is 1. The fraction of sp³-hybridized carbons (Fsp3) is 0.200. The van der Waals surface area contributed by atoms with Crippen LogP contribution in [0.3, 0.4) is 0 Å². The molecule has 30 heavy (non-hydrogen) atoms. The lowest BCUT2D eigenvalue weighted by molar-refractivity contribution is 0.0689. The Morgan fingerprint density at radius 3 is 2.37 bits per heavy atom. The third kappa shape index (κ3) is 3.81. The summed E-state index contributed by atoms with van der Waals surface area (Å²) in [5, 5.41) is 0. The van der Waals surface area contributed by atoms with Crippen molar-refractivity contribution in [2.24, 2.45) is 0 Å². The molecular weight excluding hydrogens is 427 g/mol. The summed E-state index contributed by atoms with van der Waals surface area (Å²) < 4.78 is 42.3. The van der Waals surface area contributed by atoms with E-state index in [0.29, 0.717) is 10.5 Å². The first kappa shape index (κ1) is 20.5. The van der Waals surface area contributed by atoms with Crippen LogP contribution in [0.1, 0.15) is 10.5 Å². The van der Waals surface area contributed by atoms with Gasteiger partial charge in [-0.3, -0.25) is 9.36 Å². The molecule has 0 aliphatic carbocycles. The zero-order valence-corrected chi connectivity index (χ0v) is 17.5. The molecule has 0 unspecified atom stereocenters. The van der Waals surface area contributed by atoms with Crippen LogP contribution < -0.4 is 0 Å². The van der Waals surface area contributed by atoms with Crippen molar-refractivity contribution in [2.75, 3.05) is 26.2 Å². The van der Waals surface area contributed by atoms with Gasteiger partial charge in [-0.05, 0) is 42.5 Å². The molecule has 1 aliphatic rings. The summed E-state index contributed by atoms with van der Waals surface area (Å²) in [7, 11) is -3.82. The van der Waals surface area contributed by atoms with Crippen LogP contribution in [0, 0.1) is 10.6 Å². The first-order valence-electron chi connectivity index (χ1n) is 9.29. The summed E-state index contributed by atoms with van der Waals surface area (Å²) in [6, 6.07) is 14.2. The van der Waals surface area contributed by atoms with Crippen molar-refractivity contribution in [1.29, 1.82) is 0 Å². The molecular formula is C20H19FN4O3S2. The molecule has 1 aliphatic heterocycles. The number of hydrogen-bond donors (Lipinski definition) is 1. The number of H-pyrrole nitrogens is 1. The highest BCUT2D eigenvalue weighted by Gasteiger charge is 2.31. The lowest BCUT2D eigenvalue weighted by Crippen LogP contribution is -2.50. The number of aromatic nitrogens is 2. The van der Waals surface area contributed by atoms with E-state index in [2.05, 4.69) is 4.98 Å². The molecule has 10 heteroatoms. The standard InChI is InChI=1S/C20H19FN4O3S2/c21-15-5-4-8-17(13-15)30(27,28)24-11-9-23(10-12-24)19(26)18-14-22-20(29)25(18)16-6-2-1-3-7-16/h1-8,13-14H,9-12H2,(H,22,29). The highest BCUT2D eigenvalue weighted by molar-refractivity contribution is 7.89. The Hall–Kier alpha value is -2.82. The summed E-state index contributed by atoms with van der Waals surface area (Å²) in [5.74, 6) is -0.850. The molecule has 3 aromatic rings. The summed E-state index contributed by atoms with van der Waals surface area (Å²) >= 11 is 5.33. The van der Waals surface area contributed by atoms with Gasteiger partial charge in [0.15, 0.2) is 4.77 Å². The van der Waals surface area contributed by atoms with Crippen LogP contribution in [-0.4, -0.2) is 59.3 Å². The number of rotatable bonds is 4. The maximum Gasteiger partial charge on any atom is 0.272 e. The average Bonchev–Trinajstić information content (AvgIpc) is 3.15. The molecule has 0 radical (unpaired) electrons. The summed E-state index contributed by atoms with van der Waals surface area (Å²) in [4.78, 5) is 17.5. The van der Waals surface area contributed by atoms with Crippen LogP contribution in [0.2, 0.25) is 0 Å². The highest BCUT2D eigenvalue weighted by Crippen LogP contribution is 2.20. The van der Waals surface area contributed by atoms with E-state index in [4.69, 9.17) is 12.2 Å². The Morgan fingerprint density at radius 1 is 1.00 bits per heavy atom. The monoisotopic (exact) mass is 446 g/mol. The number of imidazole rings is 1. The van der Waals surface area contributed by atoms with E-state index < -0.39 is 15.8 Å². The van der Waals surface area contributed by atoms with E-state index in [0.717, 1.165) is 11.8 Å². The number of benzene rings is 2. The molecule has 0 spiro atoms. The maximum absolute atomic E-state index is 13.5. The van der Waals surface area contributed by atoms with E-state index in [-0.39, 0.29) is 37.0 Å². The zero-order chi connectivity index (χ0) is 21.3. The minimum Gasteiger partial charge on any atom is -0.336 e. The summed E-state index contributed by atoms with van der Waals surface area (Å²) in [5.41, 5.74) is 1.15. The first-order valence-corrected chi connectivity index (χ1v) is 11.1. The second kappa shape index (κ2) is 8.13. The number of carbonyl (C=O) groups is 1. The van der Waals surface area contributed by atoms with Gasteiger partial charge in [-0.2, -0.15) is 4.31 Å². The van der Waals surface area contributed by atoms with Gasteiger partial charge < -0.3 is 9.88 Å². The molecule has 1 fully saturated rings.